The number of hydrogen-bond acceptors (Lipinski definition) is 4. The average molecular weight is 396 g/mol. The first kappa shape index (κ1) is 18.9. The van der Waals surface area contributed by atoms with Crippen LogP contribution in [0.3, 0.4) is 0 Å². The second-order valence-corrected chi connectivity index (χ2v) is 9.10. The number of ketones is 1. The SMILES string of the molecule is Cc1ccc2nc(C3CCCN3C(=O)CCC(=O)c3cc(C)sc3C)[nH]c2c1. The number of likely N-dealkylation sites (tertiary alicyclic amines) is 1. The maximum atomic E-state index is 12.9. The molecule has 0 spiro atoms. The highest BCUT2D eigenvalue weighted by atomic mass is 32.1. The van der Waals surface area contributed by atoms with E-state index >= 15 is 0 Å². The summed E-state index contributed by atoms with van der Waals surface area (Å²) in [6.45, 7) is 6.75. The van der Waals surface area contributed by atoms with Gasteiger partial charge in [-0.05, 0) is 57.4 Å². The first-order valence-corrected chi connectivity index (χ1v) is 10.6. The first-order chi connectivity index (χ1) is 13.4. The van der Waals surface area contributed by atoms with E-state index in [1.165, 1.54) is 5.56 Å². The molecule has 0 radical (unpaired) electrons. The smallest absolute Gasteiger partial charge is 0.223 e. The predicted octanol–water partition coefficient (Wildman–Crippen LogP) is 4.88. The number of rotatable bonds is 5. The quantitative estimate of drug-likeness (QED) is 0.626. The van der Waals surface area contributed by atoms with Crippen LogP contribution in [0.2, 0.25) is 0 Å². The molecule has 0 saturated carbocycles. The van der Waals surface area contributed by atoms with Crippen molar-refractivity contribution in [2.45, 2.75) is 52.5 Å². The number of aromatic nitrogens is 2. The largest absolute Gasteiger partial charge is 0.340 e. The maximum absolute atomic E-state index is 12.9. The molecular weight excluding hydrogens is 370 g/mol. The second-order valence-electron chi connectivity index (χ2n) is 7.64. The molecule has 0 bridgehead atoms. The van der Waals surface area contributed by atoms with Gasteiger partial charge in [-0.3, -0.25) is 9.59 Å². The molecule has 1 fully saturated rings. The maximum Gasteiger partial charge on any atom is 0.223 e. The van der Waals surface area contributed by atoms with Crippen LogP contribution in [0.5, 0.6) is 0 Å². The number of nitrogens with zero attached hydrogens (tertiary/aromatic N) is 2. The summed E-state index contributed by atoms with van der Waals surface area (Å²) in [5, 5.41) is 0. The molecule has 1 amide bonds. The summed E-state index contributed by atoms with van der Waals surface area (Å²) in [4.78, 5) is 37.5. The minimum absolute atomic E-state index is 0.0274. The molecule has 1 N–H and O–H groups in total. The molecule has 1 aromatic carbocycles. The number of thiophene rings is 1. The lowest BCUT2D eigenvalue weighted by atomic mass is 10.1. The number of amides is 1. The number of H-pyrrole nitrogens is 1. The third kappa shape index (κ3) is 3.61. The van der Waals surface area contributed by atoms with E-state index in [-0.39, 0.29) is 30.6 Å². The lowest BCUT2D eigenvalue weighted by Crippen LogP contribution is -2.31. The summed E-state index contributed by atoms with van der Waals surface area (Å²) in [6.07, 6.45) is 2.38. The van der Waals surface area contributed by atoms with Crippen LogP contribution < -0.4 is 0 Å². The Labute approximate surface area is 168 Å². The van der Waals surface area contributed by atoms with Crippen molar-refractivity contribution in [2.24, 2.45) is 0 Å². The van der Waals surface area contributed by atoms with Gasteiger partial charge in [0.25, 0.3) is 0 Å². The summed E-state index contributed by atoms with van der Waals surface area (Å²) < 4.78 is 0. The predicted molar refractivity (Wildman–Crippen MR) is 112 cm³/mol. The van der Waals surface area contributed by atoms with E-state index in [1.54, 1.807) is 11.3 Å². The summed E-state index contributed by atoms with van der Waals surface area (Å²) in [6, 6.07) is 8.04. The Kier molecular flexibility index (Phi) is 5.06. The Morgan fingerprint density at radius 3 is 2.79 bits per heavy atom. The van der Waals surface area contributed by atoms with Crippen LogP contribution >= 0.6 is 11.3 Å². The van der Waals surface area contributed by atoms with E-state index in [9.17, 15) is 9.59 Å². The molecule has 1 aliphatic heterocycles. The summed E-state index contributed by atoms with van der Waals surface area (Å²) in [5.74, 6) is 0.948. The van der Waals surface area contributed by atoms with Crippen LogP contribution in [0.1, 0.15) is 63.2 Å². The summed E-state index contributed by atoms with van der Waals surface area (Å²) in [7, 11) is 0. The molecule has 1 unspecified atom stereocenters. The van der Waals surface area contributed by atoms with Crippen LogP contribution in [-0.4, -0.2) is 33.1 Å². The van der Waals surface area contributed by atoms with E-state index in [1.807, 2.05) is 36.9 Å². The zero-order valence-corrected chi connectivity index (χ0v) is 17.4. The van der Waals surface area contributed by atoms with Crippen molar-refractivity contribution in [1.82, 2.24) is 14.9 Å². The van der Waals surface area contributed by atoms with E-state index in [2.05, 4.69) is 18.0 Å². The van der Waals surface area contributed by atoms with Gasteiger partial charge in [-0.25, -0.2) is 4.98 Å². The molecule has 146 valence electrons. The number of fused-ring (bicyclic) bond motifs is 1. The van der Waals surface area contributed by atoms with Gasteiger partial charge in [0.15, 0.2) is 5.78 Å². The zero-order chi connectivity index (χ0) is 19.8. The molecule has 28 heavy (non-hydrogen) atoms. The molecule has 5 nitrogen and oxygen atoms in total. The van der Waals surface area contributed by atoms with E-state index in [4.69, 9.17) is 4.98 Å². The molecule has 1 aliphatic rings. The van der Waals surface area contributed by atoms with Crippen molar-refractivity contribution in [1.29, 1.82) is 0 Å². The molecule has 6 heteroatoms. The number of hydrogen-bond donors (Lipinski definition) is 1. The van der Waals surface area contributed by atoms with Gasteiger partial charge in [0.2, 0.25) is 5.91 Å². The molecular formula is C22H25N3O2S. The van der Waals surface area contributed by atoms with Gasteiger partial charge in [-0.15, -0.1) is 11.3 Å². The Hall–Kier alpha value is -2.47. The van der Waals surface area contributed by atoms with E-state index in [0.29, 0.717) is 0 Å². The first-order valence-electron chi connectivity index (χ1n) is 9.78. The van der Waals surface area contributed by atoms with Gasteiger partial charge in [-0.1, -0.05) is 6.07 Å². The lowest BCUT2D eigenvalue weighted by molar-refractivity contribution is -0.132. The van der Waals surface area contributed by atoms with Gasteiger partial charge in [0.05, 0.1) is 17.1 Å². The number of Topliss-reactive ketones (excluding diaryl/α,β-unsaturated/α-hetero) is 1. The van der Waals surface area contributed by atoms with Crippen LogP contribution in [0.15, 0.2) is 24.3 Å². The Bertz CT molecular complexity index is 1050. The van der Waals surface area contributed by atoms with Crippen molar-refractivity contribution in [3.8, 4) is 0 Å². The molecule has 0 aliphatic carbocycles. The van der Waals surface area contributed by atoms with Crippen molar-refractivity contribution < 1.29 is 9.59 Å². The Morgan fingerprint density at radius 1 is 1.21 bits per heavy atom. The van der Waals surface area contributed by atoms with Crippen LogP contribution in [-0.2, 0) is 4.79 Å². The number of nitrogens with one attached hydrogen (secondary N) is 1. The van der Waals surface area contributed by atoms with Crippen LogP contribution in [0.4, 0.5) is 0 Å². The van der Waals surface area contributed by atoms with Crippen LogP contribution in [0, 0.1) is 20.8 Å². The van der Waals surface area contributed by atoms with E-state index in [0.717, 1.165) is 51.6 Å². The standard InChI is InChI=1S/C22H25N3O2S/c1-13-6-7-17-18(11-13)24-22(23-17)19-5-4-10-25(19)21(27)9-8-20(26)16-12-14(2)28-15(16)3/h6-7,11-12,19H,4-5,8-10H2,1-3H3,(H,23,24). The highest BCUT2D eigenvalue weighted by Crippen LogP contribution is 2.32. The van der Waals surface area contributed by atoms with Gasteiger partial charge in [-0.2, -0.15) is 0 Å². The highest BCUT2D eigenvalue weighted by molar-refractivity contribution is 7.12. The van der Waals surface area contributed by atoms with Crippen molar-refractivity contribution in [3.63, 3.8) is 0 Å². The summed E-state index contributed by atoms with van der Waals surface area (Å²) >= 11 is 1.63. The molecule has 1 saturated heterocycles. The molecule has 3 heterocycles. The number of carbonyl (C=O) groups is 2. The van der Waals surface area contributed by atoms with Crippen molar-refractivity contribution in [3.05, 3.63) is 51.0 Å². The van der Waals surface area contributed by atoms with Gasteiger partial charge >= 0.3 is 0 Å². The third-order valence-corrected chi connectivity index (χ3v) is 6.42. The van der Waals surface area contributed by atoms with Crippen molar-refractivity contribution >= 4 is 34.1 Å². The van der Waals surface area contributed by atoms with Gasteiger partial charge < -0.3 is 9.88 Å². The molecule has 4 rings (SSSR count). The normalized spacial score (nSPS) is 16.8. The van der Waals surface area contributed by atoms with Gasteiger partial charge in [0.1, 0.15) is 5.82 Å². The van der Waals surface area contributed by atoms with Gasteiger partial charge in [0, 0.05) is 34.7 Å². The number of benzene rings is 1. The fourth-order valence-corrected chi connectivity index (χ4v) is 5.00. The number of aromatic amines is 1. The topological polar surface area (TPSA) is 66.1 Å². The Morgan fingerprint density at radius 2 is 2.04 bits per heavy atom. The molecule has 3 aromatic rings. The number of carbonyl (C=O) groups excluding carboxylic acids is 2. The minimum atomic E-state index is -0.0274. The lowest BCUT2D eigenvalue weighted by Gasteiger charge is -2.23. The third-order valence-electron chi connectivity index (χ3n) is 5.45. The molecule has 1 atom stereocenters. The Balaban J connectivity index is 1.45. The zero-order valence-electron chi connectivity index (χ0n) is 16.5. The molecule has 2 aromatic heterocycles. The van der Waals surface area contributed by atoms with E-state index < -0.39 is 0 Å². The highest BCUT2D eigenvalue weighted by Gasteiger charge is 2.32. The summed E-state index contributed by atoms with van der Waals surface area (Å²) in [5.41, 5.74) is 3.88. The second kappa shape index (κ2) is 7.51. The minimum Gasteiger partial charge on any atom is -0.340 e. The fraction of sp³-hybridized carbons (Fsp3) is 0.409. The number of imidazole rings is 1. The monoisotopic (exact) mass is 395 g/mol. The van der Waals surface area contributed by atoms with Crippen LogP contribution in [0.25, 0.3) is 11.0 Å². The average Bonchev–Trinajstić information content (AvgIpc) is 3.36. The number of aryl methyl sites for hydroxylation is 3. The van der Waals surface area contributed by atoms with Crippen molar-refractivity contribution in [2.75, 3.05) is 6.54 Å². The fourth-order valence-electron chi connectivity index (χ4n) is 4.06.